The second-order valence-corrected chi connectivity index (χ2v) is 4.38. The molecular formula is C13H12N6O. The van der Waals surface area contributed by atoms with Crippen molar-refractivity contribution in [3.05, 3.63) is 41.6 Å². The Morgan fingerprint density at radius 2 is 2.15 bits per heavy atom. The van der Waals surface area contributed by atoms with Crippen LogP contribution in [0.25, 0.3) is 11.0 Å². The Balaban J connectivity index is 2.01. The summed E-state index contributed by atoms with van der Waals surface area (Å²) in [5.41, 5.74) is 2.94. The summed E-state index contributed by atoms with van der Waals surface area (Å²) in [6, 6.07) is 3.25. The molecule has 7 nitrogen and oxygen atoms in total. The van der Waals surface area contributed by atoms with Gasteiger partial charge in [0.05, 0.1) is 5.39 Å². The Morgan fingerprint density at radius 1 is 1.30 bits per heavy atom. The summed E-state index contributed by atoms with van der Waals surface area (Å²) >= 11 is 0. The second kappa shape index (κ2) is 4.69. The van der Waals surface area contributed by atoms with Crippen molar-refractivity contribution in [3.8, 4) is 0 Å². The molecule has 3 heterocycles. The first-order valence-corrected chi connectivity index (χ1v) is 6.05. The predicted octanol–water partition coefficient (Wildman–Crippen LogP) is 1.62. The molecule has 0 aliphatic heterocycles. The molecule has 20 heavy (non-hydrogen) atoms. The lowest BCUT2D eigenvalue weighted by Gasteiger charge is -2.04. The third kappa shape index (κ3) is 1.99. The number of aromatic nitrogens is 5. The minimum atomic E-state index is -0.351. The van der Waals surface area contributed by atoms with Crippen molar-refractivity contribution in [3.63, 3.8) is 0 Å². The fraction of sp³-hybridized carbons (Fsp3) is 0.154. The van der Waals surface area contributed by atoms with Gasteiger partial charge >= 0.3 is 0 Å². The Labute approximate surface area is 114 Å². The van der Waals surface area contributed by atoms with E-state index in [0.29, 0.717) is 11.5 Å². The molecule has 0 unspecified atom stereocenters. The summed E-state index contributed by atoms with van der Waals surface area (Å²) in [4.78, 5) is 23.5. The first-order valence-electron chi connectivity index (χ1n) is 6.05. The molecule has 3 aromatic rings. The zero-order valence-corrected chi connectivity index (χ0v) is 11.0. The van der Waals surface area contributed by atoms with Gasteiger partial charge in [0, 0.05) is 11.9 Å². The summed E-state index contributed by atoms with van der Waals surface area (Å²) < 4.78 is 0. The molecule has 0 bridgehead atoms. The Morgan fingerprint density at radius 3 is 2.90 bits per heavy atom. The standard InChI is InChI=1S/C13H12N6O/c1-7-8(2)17-11-10(7)12(15-6-14-11)18-13(20)9-4-3-5-16-19-9/h3-6H,1-2H3,(H2,14,15,17,18,20). The number of carbonyl (C=O) groups is 1. The van der Waals surface area contributed by atoms with E-state index in [4.69, 9.17) is 0 Å². The van der Waals surface area contributed by atoms with E-state index < -0.39 is 0 Å². The summed E-state index contributed by atoms with van der Waals surface area (Å²) in [5, 5.41) is 11.0. The summed E-state index contributed by atoms with van der Waals surface area (Å²) in [7, 11) is 0. The molecule has 3 rings (SSSR count). The van der Waals surface area contributed by atoms with Crippen LogP contribution in [0.1, 0.15) is 21.7 Å². The molecule has 0 radical (unpaired) electrons. The molecule has 7 heteroatoms. The van der Waals surface area contributed by atoms with Crippen LogP contribution in [0.3, 0.4) is 0 Å². The number of carbonyl (C=O) groups excluding carboxylic acids is 1. The summed E-state index contributed by atoms with van der Waals surface area (Å²) in [6.45, 7) is 3.90. The van der Waals surface area contributed by atoms with Gasteiger partial charge in [0.1, 0.15) is 17.8 Å². The van der Waals surface area contributed by atoms with E-state index in [0.717, 1.165) is 16.6 Å². The third-order valence-electron chi connectivity index (χ3n) is 3.13. The molecule has 0 aliphatic rings. The number of nitrogens with zero attached hydrogens (tertiary/aromatic N) is 4. The van der Waals surface area contributed by atoms with E-state index in [-0.39, 0.29) is 11.6 Å². The molecule has 3 aromatic heterocycles. The summed E-state index contributed by atoms with van der Waals surface area (Å²) in [6.07, 6.45) is 2.92. The number of hydrogen-bond acceptors (Lipinski definition) is 5. The maximum Gasteiger partial charge on any atom is 0.277 e. The third-order valence-corrected chi connectivity index (χ3v) is 3.13. The minimum Gasteiger partial charge on any atom is -0.343 e. The van der Waals surface area contributed by atoms with Crippen molar-refractivity contribution in [2.75, 3.05) is 5.32 Å². The lowest BCUT2D eigenvalue weighted by molar-refractivity contribution is 0.102. The first-order chi connectivity index (χ1) is 9.66. The van der Waals surface area contributed by atoms with E-state index in [1.807, 2.05) is 13.8 Å². The van der Waals surface area contributed by atoms with Crippen molar-refractivity contribution in [2.45, 2.75) is 13.8 Å². The zero-order valence-electron chi connectivity index (χ0n) is 11.0. The lowest BCUT2D eigenvalue weighted by Crippen LogP contribution is -2.15. The topological polar surface area (TPSA) is 96.5 Å². The normalized spacial score (nSPS) is 10.7. The average Bonchev–Trinajstić information content (AvgIpc) is 2.76. The molecule has 100 valence electrons. The van der Waals surface area contributed by atoms with Gasteiger partial charge in [0.2, 0.25) is 0 Å². The summed E-state index contributed by atoms with van der Waals surface area (Å²) in [5.74, 6) is 0.115. The lowest BCUT2D eigenvalue weighted by atomic mass is 10.2. The van der Waals surface area contributed by atoms with Crippen LogP contribution in [-0.4, -0.2) is 31.1 Å². The van der Waals surface area contributed by atoms with E-state index >= 15 is 0 Å². The number of H-pyrrole nitrogens is 1. The van der Waals surface area contributed by atoms with Gasteiger partial charge in [-0.3, -0.25) is 4.79 Å². The van der Waals surface area contributed by atoms with Crippen LogP contribution in [0.4, 0.5) is 5.82 Å². The number of fused-ring (bicyclic) bond motifs is 1. The van der Waals surface area contributed by atoms with Crippen molar-refractivity contribution in [1.29, 1.82) is 0 Å². The molecule has 0 aromatic carbocycles. The number of aryl methyl sites for hydroxylation is 2. The number of rotatable bonds is 2. The quantitative estimate of drug-likeness (QED) is 0.736. The molecule has 2 N–H and O–H groups in total. The number of hydrogen-bond donors (Lipinski definition) is 2. The maximum atomic E-state index is 12.1. The van der Waals surface area contributed by atoms with Gasteiger partial charge in [-0.05, 0) is 31.5 Å². The van der Waals surface area contributed by atoms with Crippen LogP contribution < -0.4 is 5.32 Å². The van der Waals surface area contributed by atoms with Crippen molar-refractivity contribution < 1.29 is 4.79 Å². The highest BCUT2D eigenvalue weighted by molar-refractivity contribution is 6.06. The fourth-order valence-electron chi connectivity index (χ4n) is 1.98. The van der Waals surface area contributed by atoms with Crippen LogP contribution in [0.15, 0.2) is 24.7 Å². The number of nitrogens with one attached hydrogen (secondary N) is 2. The Hall–Kier alpha value is -2.83. The second-order valence-electron chi connectivity index (χ2n) is 4.38. The van der Waals surface area contributed by atoms with Gasteiger partial charge in [-0.15, -0.1) is 5.10 Å². The molecule has 0 fully saturated rings. The van der Waals surface area contributed by atoms with Gasteiger partial charge < -0.3 is 10.3 Å². The van der Waals surface area contributed by atoms with Crippen LogP contribution in [-0.2, 0) is 0 Å². The Bertz CT molecular complexity index is 780. The zero-order chi connectivity index (χ0) is 14.1. The van der Waals surface area contributed by atoms with Crippen LogP contribution in [0.5, 0.6) is 0 Å². The largest absolute Gasteiger partial charge is 0.343 e. The molecule has 0 aliphatic carbocycles. The predicted molar refractivity (Wildman–Crippen MR) is 73.3 cm³/mol. The van der Waals surface area contributed by atoms with Gasteiger partial charge in [0.25, 0.3) is 5.91 Å². The number of amides is 1. The smallest absolute Gasteiger partial charge is 0.277 e. The molecule has 0 saturated carbocycles. The monoisotopic (exact) mass is 268 g/mol. The molecule has 1 amide bonds. The SMILES string of the molecule is Cc1[nH]c2ncnc(NC(=O)c3cccnn3)c2c1C. The van der Waals surface area contributed by atoms with Gasteiger partial charge in [0.15, 0.2) is 5.69 Å². The van der Waals surface area contributed by atoms with Crippen molar-refractivity contribution in [2.24, 2.45) is 0 Å². The van der Waals surface area contributed by atoms with Crippen molar-refractivity contribution in [1.82, 2.24) is 25.1 Å². The highest BCUT2D eigenvalue weighted by atomic mass is 16.2. The Kier molecular flexibility index (Phi) is 2.86. The highest BCUT2D eigenvalue weighted by Crippen LogP contribution is 2.25. The number of anilines is 1. The van der Waals surface area contributed by atoms with Gasteiger partial charge in [-0.1, -0.05) is 0 Å². The number of aromatic amines is 1. The van der Waals surface area contributed by atoms with Crippen LogP contribution in [0, 0.1) is 13.8 Å². The molecular weight excluding hydrogens is 256 g/mol. The van der Waals surface area contributed by atoms with E-state index in [2.05, 4.69) is 30.5 Å². The van der Waals surface area contributed by atoms with E-state index in [1.54, 1.807) is 12.1 Å². The van der Waals surface area contributed by atoms with E-state index in [9.17, 15) is 4.79 Å². The molecule has 0 atom stereocenters. The first kappa shape index (κ1) is 12.2. The average molecular weight is 268 g/mol. The van der Waals surface area contributed by atoms with E-state index in [1.165, 1.54) is 12.5 Å². The molecule has 0 spiro atoms. The van der Waals surface area contributed by atoms with Crippen LogP contribution >= 0.6 is 0 Å². The fourth-order valence-corrected chi connectivity index (χ4v) is 1.98. The highest BCUT2D eigenvalue weighted by Gasteiger charge is 2.15. The van der Waals surface area contributed by atoms with Crippen molar-refractivity contribution >= 4 is 22.8 Å². The maximum absolute atomic E-state index is 12.1. The minimum absolute atomic E-state index is 0.240. The molecule has 0 saturated heterocycles. The van der Waals surface area contributed by atoms with Crippen LogP contribution in [0.2, 0.25) is 0 Å². The van der Waals surface area contributed by atoms with Gasteiger partial charge in [-0.25, -0.2) is 9.97 Å². The van der Waals surface area contributed by atoms with Gasteiger partial charge in [-0.2, -0.15) is 5.10 Å².